The van der Waals surface area contributed by atoms with Crippen LogP contribution in [0, 0.1) is 5.41 Å². The molecule has 2 fully saturated rings. The molecule has 3 aliphatic heterocycles. The van der Waals surface area contributed by atoms with Crippen LogP contribution in [-0.2, 0) is 22.4 Å². The average molecular weight is 429 g/mol. The molecule has 0 aromatic carbocycles. The highest BCUT2D eigenvalue weighted by molar-refractivity contribution is 5.85. The zero-order valence-electron chi connectivity index (χ0n) is 19.2. The van der Waals surface area contributed by atoms with Gasteiger partial charge in [-0.2, -0.15) is 0 Å². The van der Waals surface area contributed by atoms with Gasteiger partial charge in [-0.15, -0.1) is 0 Å². The Morgan fingerprint density at radius 2 is 1.94 bits per heavy atom. The standard InChI is InChI=1S/C24H36N4O3/c1-23(2,3)31-22(30)28-16-11-24(12-17-28)10-15-27(21(24)29)14-5-7-19-9-8-18-6-4-13-25-20(18)26-19/h8-9H,4-7,10-17H2,1-3H3,(H,25,26). The number of aromatic nitrogens is 1. The summed E-state index contributed by atoms with van der Waals surface area (Å²) in [5.41, 5.74) is 1.63. The Balaban J connectivity index is 1.25. The first-order valence-corrected chi connectivity index (χ1v) is 11.8. The number of hydrogen-bond acceptors (Lipinski definition) is 5. The molecular weight excluding hydrogens is 392 g/mol. The minimum Gasteiger partial charge on any atom is -0.444 e. The number of nitrogens with zero attached hydrogens (tertiary/aromatic N) is 3. The van der Waals surface area contributed by atoms with Crippen LogP contribution >= 0.6 is 0 Å². The van der Waals surface area contributed by atoms with E-state index in [2.05, 4.69) is 17.4 Å². The van der Waals surface area contributed by atoms with Gasteiger partial charge in [0.1, 0.15) is 11.4 Å². The monoisotopic (exact) mass is 428 g/mol. The molecule has 170 valence electrons. The second-order valence-corrected chi connectivity index (χ2v) is 10.2. The van der Waals surface area contributed by atoms with E-state index >= 15 is 0 Å². The van der Waals surface area contributed by atoms with E-state index in [1.807, 2.05) is 25.7 Å². The van der Waals surface area contributed by atoms with Crippen LogP contribution in [0.25, 0.3) is 0 Å². The van der Waals surface area contributed by atoms with Gasteiger partial charge in [0.15, 0.2) is 0 Å². The summed E-state index contributed by atoms with van der Waals surface area (Å²) in [5, 5.41) is 3.39. The van der Waals surface area contributed by atoms with E-state index in [9.17, 15) is 9.59 Å². The summed E-state index contributed by atoms with van der Waals surface area (Å²) in [5.74, 6) is 1.31. The maximum Gasteiger partial charge on any atom is 0.410 e. The van der Waals surface area contributed by atoms with Gasteiger partial charge in [-0.3, -0.25) is 4.79 Å². The number of hydrogen-bond donors (Lipinski definition) is 1. The van der Waals surface area contributed by atoms with E-state index in [4.69, 9.17) is 9.72 Å². The summed E-state index contributed by atoms with van der Waals surface area (Å²) in [7, 11) is 0. The number of nitrogens with one attached hydrogen (secondary N) is 1. The number of anilines is 1. The fourth-order valence-corrected chi connectivity index (χ4v) is 4.97. The largest absolute Gasteiger partial charge is 0.444 e. The van der Waals surface area contributed by atoms with E-state index < -0.39 is 5.60 Å². The Morgan fingerprint density at radius 3 is 2.68 bits per heavy atom. The van der Waals surface area contributed by atoms with Crippen LogP contribution in [0.3, 0.4) is 0 Å². The summed E-state index contributed by atoms with van der Waals surface area (Å²) in [6.45, 7) is 9.44. The summed E-state index contributed by atoms with van der Waals surface area (Å²) in [4.78, 5) is 34.1. The van der Waals surface area contributed by atoms with Crippen LogP contribution in [0.15, 0.2) is 12.1 Å². The molecule has 4 rings (SSSR count). The molecule has 2 saturated heterocycles. The van der Waals surface area contributed by atoms with Crippen LogP contribution in [-0.4, -0.2) is 65.1 Å². The first-order chi connectivity index (χ1) is 14.8. The average Bonchev–Trinajstić information content (AvgIpc) is 3.03. The summed E-state index contributed by atoms with van der Waals surface area (Å²) >= 11 is 0. The lowest BCUT2D eigenvalue weighted by Crippen LogP contribution is -2.48. The lowest BCUT2D eigenvalue weighted by Gasteiger charge is -2.38. The number of ether oxygens (including phenoxy) is 1. The van der Waals surface area contributed by atoms with Crippen molar-refractivity contribution in [2.24, 2.45) is 5.41 Å². The second kappa shape index (κ2) is 8.67. The Bertz CT molecular complexity index is 825. The summed E-state index contributed by atoms with van der Waals surface area (Å²) < 4.78 is 5.49. The van der Waals surface area contributed by atoms with Gasteiger partial charge in [-0.1, -0.05) is 6.07 Å². The molecule has 0 radical (unpaired) electrons. The third-order valence-corrected chi connectivity index (χ3v) is 6.79. The number of fused-ring (bicyclic) bond motifs is 1. The van der Waals surface area contributed by atoms with Gasteiger partial charge in [0.05, 0.1) is 5.41 Å². The third-order valence-electron chi connectivity index (χ3n) is 6.79. The molecule has 3 aliphatic rings. The van der Waals surface area contributed by atoms with Gasteiger partial charge in [0.25, 0.3) is 0 Å². The molecule has 0 atom stereocenters. The third kappa shape index (κ3) is 4.96. The van der Waals surface area contributed by atoms with Crippen molar-refractivity contribution >= 4 is 17.8 Å². The number of carbonyl (C=O) groups is 2. The Morgan fingerprint density at radius 1 is 1.19 bits per heavy atom. The van der Waals surface area contributed by atoms with E-state index in [0.717, 1.165) is 69.7 Å². The van der Waals surface area contributed by atoms with Crippen molar-refractivity contribution in [2.75, 3.05) is 38.0 Å². The van der Waals surface area contributed by atoms with Crippen molar-refractivity contribution in [2.45, 2.75) is 71.3 Å². The molecule has 0 unspecified atom stereocenters. The quantitative estimate of drug-likeness (QED) is 0.793. The molecule has 0 aliphatic carbocycles. The number of piperidine rings is 1. The van der Waals surface area contributed by atoms with Gasteiger partial charge in [-0.25, -0.2) is 9.78 Å². The van der Waals surface area contributed by atoms with Gasteiger partial charge < -0.3 is 19.9 Å². The minimum absolute atomic E-state index is 0.267. The Hall–Kier alpha value is -2.31. The molecule has 0 saturated carbocycles. The van der Waals surface area contributed by atoms with Gasteiger partial charge >= 0.3 is 6.09 Å². The van der Waals surface area contributed by atoms with E-state index in [-0.39, 0.29) is 17.4 Å². The highest BCUT2D eigenvalue weighted by atomic mass is 16.6. The highest BCUT2D eigenvalue weighted by Gasteiger charge is 2.48. The van der Waals surface area contributed by atoms with Crippen LogP contribution in [0.2, 0.25) is 0 Å². The Kier molecular flexibility index (Phi) is 6.13. The molecular formula is C24H36N4O3. The number of aryl methyl sites for hydroxylation is 2. The Labute approximate surface area is 185 Å². The van der Waals surface area contributed by atoms with Crippen molar-refractivity contribution in [1.29, 1.82) is 0 Å². The van der Waals surface area contributed by atoms with Crippen molar-refractivity contribution < 1.29 is 14.3 Å². The smallest absolute Gasteiger partial charge is 0.410 e. The van der Waals surface area contributed by atoms with Crippen molar-refractivity contribution in [1.82, 2.24) is 14.8 Å². The number of likely N-dealkylation sites (tertiary alicyclic amines) is 2. The van der Waals surface area contributed by atoms with Crippen LogP contribution < -0.4 is 5.32 Å². The summed E-state index contributed by atoms with van der Waals surface area (Å²) in [6, 6.07) is 4.32. The molecule has 7 nitrogen and oxygen atoms in total. The normalized spacial score (nSPS) is 20.5. The first kappa shape index (κ1) is 21.9. The second-order valence-electron chi connectivity index (χ2n) is 10.2. The fourth-order valence-electron chi connectivity index (χ4n) is 4.97. The molecule has 7 heteroatoms. The van der Waals surface area contributed by atoms with Gasteiger partial charge in [-0.05, 0) is 77.3 Å². The molecule has 1 N–H and O–H groups in total. The zero-order chi connectivity index (χ0) is 22.1. The molecule has 2 amide bonds. The number of pyridine rings is 1. The first-order valence-electron chi connectivity index (χ1n) is 11.8. The molecule has 1 aromatic rings. The van der Waals surface area contributed by atoms with Crippen LogP contribution in [0.1, 0.15) is 64.1 Å². The fraction of sp³-hybridized carbons (Fsp3) is 0.708. The number of rotatable bonds is 4. The van der Waals surface area contributed by atoms with Crippen molar-refractivity contribution in [3.05, 3.63) is 23.4 Å². The topological polar surface area (TPSA) is 74.8 Å². The maximum absolute atomic E-state index is 13.2. The van der Waals surface area contributed by atoms with E-state index in [0.29, 0.717) is 13.1 Å². The van der Waals surface area contributed by atoms with E-state index in [1.165, 1.54) is 12.0 Å². The molecule has 31 heavy (non-hydrogen) atoms. The molecule has 4 heterocycles. The van der Waals surface area contributed by atoms with Crippen molar-refractivity contribution in [3.8, 4) is 0 Å². The molecule has 1 spiro atoms. The zero-order valence-corrected chi connectivity index (χ0v) is 19.2. The maximum atomic E-state index is 13.2. The highest BCUT2D eigenvalue weighted by Crippen LogP contribution is 2.41. The van der Waals surface area contributed by atoms with E-state index in [1.54, 1.807) is 4.90 Å². The number of amides is 2. The van der Waals surface area contributed by atoms with Gasteiger partial charge in [0, 0.05) is 38.4 Å². The van der Waals surface area contributed by atoms with Crippen LogP contribution in [0.4, 0.5) is 10.6 Å². The molecule has 0 bridgehead atoms. The summed E-state index contributed by atoms with van der Waals surface area (Å²) in [6.07, 6.45) is 6.19. The lowest BCUT2D eigenvalue weighted by molar-refractivity contribution is -0.138. The predicted molar refractivity (Wildman–Crippen MR) is 120 cm³/mol. The van der Waals surface area contributed by atoms with Crippen LogP contribution in [0.5, 0.6) is 0 Å². The molecule has 1 aromatic heterocycles. The number of carbonyl (C=O) groups excluding carboxylic acids is 2. The SMILES string of the molecule is CC(C)(C)OC(=O)N1CCC2(CC1)CCN(CCCc1ccc3c(n1)NCCC3)C2=O. The predicted octanol–water partition coefficient (Wildman–Crippen LogP) is 3.62. The van der Waals surface area contributed by atoms with Crippen molar-refractivity contribution in [3.63, 3.8) is 0 Å². The van der Waals surface area contributed by atoms with Gasteiger partial charge in [0.2, 0.25) is 5.91 Å². The minimum atomic E-state index is -0.491. The lowest BCUT2D eigenvalue weighted by atomic mass is 9.77.